The lowest BCUT2D eigenvalue weighted by Crippen LogP contribution is -2.39. The number of carbonyl (C=O) groups is 1. The van der Waals surface area contributed by atoms with Crippen molar-refractivity contribution >= 4 is 5.91 Å². The van der Waals surface area contributed by atoms with Crippen LogP contribution >= 0.6 is 0 Å². The van der Waals surface area contributed by atoms with Gasteiger partial charge in [0.25, 0.3) is 0 Å². The lowest BCUT2D eigenvalue weighted by molar-refractivity contribution is -0.131. The first-order chi connectivity index (χ1) is 9.74. The summed E-state index contributed by atoms with van der Waals surface area (Å²) < 4.78 is 0. The Bertz CT molecular complexity index is 423. The summed E-state index contributed by atoms with van der Waals surface area (Å²) in [5, 5.41) is 3.21. The summed E-state index contributed by atoms with van der Waals surface area (Å²) in [5.74, 6) is 0.237. The molecule has 0 unspecified atom stereocenters. The predicted molar refractivity (Wildman–Crippen MR) is 82.6 cm³/mol. The van der Waals surface area contributed by atoms with Gasteiger partial charge in [0.2, 0.25) is 5.91 Å². The molecule has 2 rings (SSSR count). The number of rotatable bonds is 8. The smallest absolute Gasteiger partial charge is 0.237 e. The SMILES string of the molecule is CCCNCC(=O)N(Cc1ccc(CC)cc1)C1CC1. The molecule has 0 bridgehead atoms. The first-order valence-corrected chi connectivity index (χ1v) is 7.82. The normalized spacial score (nSPS) is 14.3. The number of amides is 1. The molecule has 0 aliphatic heterocycles. The lowest BCUT2D eigenvalue weighted by atomic mass is 10.1. The van der Waals surface area contributed by atoms with Crippen LogP contribution in [0.15, 0.2) is 24.3 Å². The highest BCUT2D eigenvalue weighted by Gasteiger charge is 2.32. The zero-order valence-corrected chi connectivity index (χ0v) is 12.7. The molecule has 1 aromatic rings. The Hall–Kier alpha value is -1.35. The van der Waals surface area contributed by atoms with E-state index in [4.69, 9.17) is 0 Å². The molecule has 0 heterocycles. The Labute approximate surface area is 122 Å². The first kappa shape index (κ1) is 15.0. The van der Waals surface area contributed by atoms with Crippen LogP contribution in [0, 0.1) is 0 Å². The van der Waals surface area contributed by atoms with E-state index in [0.717, 1.165) is 38.8 Å². The standard InChI is InChI=1S/C17H26N2O/c1-3-11-18-12-17(20)19(16-9-10-16)13-15-7-5-14(4-2)6-8-15/h5-8,16,18H,3-4,9-13H2,1-2H3. The van der Waals surface area contributed by atoms with Crippen molar-refractivity contribution in [3.8, 4) is 0 Å². The summed E-state index contributed by atoms with van der Waals surface area (Å²) in [7, 11) is 0. The molecule has 3 nitrogen and oxygen atoms in total. The van der Waals surface area contributed by atoms with Crippen LogP contribution in [0.2, 0.25) is 0 Å². The summed E-state index contributed by atoms with van der Waals surface area (Å²) >= 11 is 0. The fourth-order valence-electron chi connectivity index (χ4n) is 2.36. The molecule has 20 heavy (non-hydrogen) atoms. The van der Waals surface area contributed by atoms with Crippen molar-refractivity contribution < 1.29 is 4.79 Å². The van der Waals surface area contributed by atoms with Gasteiger partial charge in [0, 0.05) is 12.6 Å². The number of hydrogen-bond donors (Lipinski definition) is 1. The van der Waals surface area contributed by atoms with Crippen LogP contribution in [0.25, 0.3) is 0 Å². The van der Waals surface area contributed by atoms with E-state index in [-0.39, 0.29) is 5.91 Å². The first-order valence-electron chi connectivity index (χ1n) is 7.82. The average molecular weight is 274 g/mol. The number of nitrogens with one attached hydrogen (secondary N) is 1. The minimum Gasteiger partial charge on any atom is -0.334 e. The van der Waals surface area contributed by atoms with E-state index in [1.54, 1.807) is 0 Å². The fraction of sp³-hybridized carbons (Fsp3) is 0.588. The van der Waals surface area contributed by atoms with Gasteiger partial charge < -0.3 is 10.2 Å². The largest absolute Gasteiger partial charge is 0.334 e. The second-order valence-electron chi connectivity index (χ2n) is 5.60. The van der Waals surface area contributed by atoms with Gasteiger partial charge in [0.1, 0.15) is 0 Å². The molecule has 0 saturated heterocycles. The molecule has 0 radical (unpaired) electrons. The van der Waals surface area contributed by atoms with Crippen LogP contribution in [0.4, 0.5) is 0 Å². The zero-order chi connectivity index (χ0) is 14.4. The summed E-state index contributed by atoms with van der Waals surface area (Å²) in [6, 6.07) is 9.11. The van der Waals surface area contributed by atoms with E-state index in [1.807, 2.05) is 4.90 Å². The van der Waals surface area contributed by atoms with Crippen molar-refractivity contribution in [2.75, 3.05) is 13.1 Å². The van der Waals surface area contributed by atoms with E-state index >= 15 is 0 Å². The van der Waals surface area contributed by atoms with Crippen LogP contribution in [-0.2, 0) is 17.8 Å². The van der Waals surface area contributed by atoms with Gasteiger partial charge in [0.05, 0.1) is 6.54 Å². The summed E-state index contributed by atoms with van der Waals surface area (Å²) in [5.41, 5.74) is 2.58. The second kappa shape index (κ2) is 7.44. The molecule has 3 heteroatoms. The van der Waals surface area contributed by atoms with E-state index in [1.165, 1.54) is 11.1 Å². The monoisotopic (exact) mass is 274 g/mol. The van der Waals surface area contributed by atoms with Gasteiger partial charge in [-0.15, -0.1) is 0 Å². The molecule has 1 saturated carbocycles. The van der Waals surface area contributed by atoms with Crippen molar-refractivity contribution in [1.82, 2.24) is 10.2 Å². The highest BCUT2D eigenvalue weighted by Crippen LogP contribution is 2.28. The maximum Gasteiger partial charge on any atom is 0.237 e. The molecular formula is C17H26N2O. The van der Waals surface area contributed by atoms with Crippen molar-refractivity contribution in [2.24, 2.45) is 0 Å². The highest BCUT2D eigenvalue weighted by molar-refractivity contribution is 5.79. The number of hydrogen-bond acceptors (Lipinski definition) is 2. The molecule has 1 aliphatic carbocycles. The van der Waals surface area contributed by atoms with Crippen molar-refractivity contribution in [3.63, 3.8) is 0 Å². The van der Waals surface area contributed by atoms with Crippen molar-refractivity contribution in [2.45, 2.75) is 52.1 Å². The molecule has 110 valence electrons. The number of benzene rings is 1. The van der Waals surface area contributed by atoms with E-state index in [2.05, 4.69) is 43.4 Å². The number of nitrogens with zero attached hydrogens (tertiary/aromatic N) is 1. The molecule has 1 aromatic carbocycles. The van der Waals surface area contributed by atoms with Gasteiger partial charge in [-0.3, -0.25) is 4.79 Å². The van der Waals surface area contributed by atoms with Crippen LogP contribution in [0.3, 0.4) is 0 Å². The fourth-order valence-corrected chi connectivity index (χ4v) is 2.36. The van der Waals surface area contributed by atoms with Gasteiger partial charge >= 0.3 is 0 Å². The average Bonchev–Trinajstić information content (AvgIpc) is 3.30. The minimum atomic E-state index is 0.237. The Balaban J connectivity index is 1.92. The molecule has 1 amide bonds. The minimum absolute atomic E-state index is 0.237. The van der Waals surface area contributed by atoms with Gasteiger partial charge in [-0.05, 0) is 43.4 Å². The molecular weight excluding hydrogens is 248 g/mol. The topological polar surface area (TPSA) is 32.3 Å². The van der Waals surface area contributed by atoms with Crippen molar-refractivity contribution in [1.29, 1.82) is 0 Å². The maximum absolute atomic E-state index is 12.3. The Kier molecular flexibility index (Phi) is 5.60. The van der Waals surface area contributed by atoms with E-state index < -0.39 is 0 Å². The van der Waals surface area contributed by atoms with Crippen molar-refractivity contribution in [3.05, 3.63) is 35.4 Å². The van der Waals surface area contributed by atoms with Gasteiger partial charge in [0.15, 0.2) is 0 Å². The third kappa shape index (κ3) is 4.34. The second-order valence-corrected chi connectivity index (χ2v) is 5.60. The Morgan fingerprint density at radius 3 is 2.40 bits per heavy atom. The third-order valence-corrected chi connectivity index (χ3v) is 3.80. The summed E-state index contributed by atoms with van der Waals surface area (Å²) in [6.07, 6.45) is 4.45. The molecule has 1 N–H and O–H groups in total. The molecule has 1 aliphatic rings. The summed E-state index contributed by atoms with van der Waals surface area (Å²) in [6.45, 7) is 6.41. The summed E-state index contributed by atoms with van der Waals surface area (Å²) in [4.78, 5) is 14.3. The van der Waals surface area contributed by atoms with E-state index in [9.17, 15) is 4.79 Å². The lowest BCUT2D eigenvalue weighted by Gasteiger charge is -2.23. The number of carbonyl (C=O) groups excluding carboxylic acids is 1. The molecule has 0 atom stereocenters. The van der Waals surface area contributed by atoms with Crippen LogP contribution < -0.4 is 5.32 Å². The molecule has 1 fully saturated rings. The van der Waals surface area contributed by atoms with E-state index in [0.29, 0.717) is 12.6 Å². The van der Waals surface area contributed by atoms with Crippen LogP contribution in [-0.4, -0.2) is 29.9 Å². The quantitative estimate of drug-likeness (QED) is 0.739. The Morgan fingerprint density at radius 2 is 1.85 bits per heavy atom. The molecule has 0 spiro atoms. The zero-order valence-electron chi connectivity index (χ0n) is 12.7. The van der Waals surface area contributed by atoms with Gasteiger partial charge in [-0.25, -0.2) is 0 Å². The Morgan fingerprint density at radius 1 is 1.20 bits per heavy atom. The van der Waals surface area contributed by atoms with Crippen LogP contribution in [0.5, 0.6) is 0 Å². The van der Waals surface area contributed by atoms with Gasteiger partial charge in [-0.2, -0.15) is 0 Å². The van der Waals surface area contributed by atoms with Crippen LogP contribution in [0.1, 0.15) is 44.2 Å². The highest BCUT2D eigenvalue weighted by atomic mass is 16.2. The third-order valence-electron chi connectivity index (χ3n) is 3.80. The maximum atomic E-state index is 12.3. The predicted octanol–water partition coefficient (Wildman–Crippen LogP) is 2.74. The van der Waals surface area contributed by atoms with Gasteiger partial charge in [-0.1, -0.05) is 38.1 Å². The number of aryl methyl sites for hydroxylation is 1. The molecule has 0 aromatic heterocycles.